The minimum Gasteiger partial charge on any atom is -0.493 e. The van der Waals surface area contributed by atoms with Crippen molar-refractivity contribution in [2.24, 2.45) is 0 Å². The first kappa shape index (κ1) is 13.7. The van der Waals surface area contributed by atoms with Crippen LogP contribution in [-0.2, 0) is 17.6 Å². The summed E-state index contributed by atoms with van der Waals surface area (Å²) in [5, 5.41) is 4.16. The molecule has 0 saturated heterocycles. The van der Waals surface area contributed by atoms with Gasteiger partial charge in [0.05, 0.1) is 13.2 Å². The molecule has 3 nitrogen and oxygen atoms in total. The first-order chi connectivity index (χ1) is 8.81. The summed E-state index contributed by atoms with van der Waals surface area (Å²) in [5.74, 6) is 1.07. The zero-order valence-corrected chi connectivity index (χ0v) is 11.6. The fraction of sp³-hybridized carbons (Fsp3) is 0.571. The van der Waals surface area contributed by atoms with E-state index < -0.39 is 0 Å². The van der Waals surface area contributed by atoms with E-state index in [0.29, 0.717) is 0 Å². The van der Waals surface area contributed by atoms with E-state index in [4.69, 9.17) is 21.1 Å². The lowest BCUT2D eigenvalue weighted by molar-refractivity contribution is 0.199. The molecule has 1 aromatic rings. The van der Waals surface area contributed by atoms with Gasteiger partial charge in [-0.2, -0.15) is 0 Å². The first-order valence-corrected chi connectivity index (χ1v) is 6.83. The van der Waals surface area contributed by atoms with Gasteiger partial charge in [-0.3, -0.25) is 0 Å². The fourth-order valence-electron chi connectivity index (χ4n) is 2.23. The first-order valence-electron chi connectivity index (χ1n) is 6.45. The Hall–Kier alpha value is -0.770. The molecule has 0 fully saturated rings. The molecule has 18 heavy (non-hydrogen) atoms. The van der Waals surface area contributed by atoms with E-state index in [1.165, 1.54) is 11.1 Å². The number of aryl methyl sites for hydroxylation is 1. The fourth-order valence-corrected chi connectivity index (χ4v) is 2.50. The minimum atomic E-state index is 0.760. The molecule has 0 saturated carbocycles. The second kappa shape index (κ2) is 6.98. The maximum atomic E-state index is 6.12. The molecular formula is C14H20ClNO2. The van der Waals surface area contributed by atoms with Crippen LogP contribution in [0.1, 0.15) is 17.5 Å². The standard InChI is InChI=1S/C14H20ClNO2/c1-17-8-6-16-5-2-3-11-9-13(15)10-12-4-7-18-14(11)12/h9-10,16H,2-8H2,1H3. The summed E-state index contributed by atoms with van der Waals surface area (Å²) in [4.78, 5) is 0. The van der Waals surface area contributed by atoms with Crippen LogP contribution in [0.4, 0.5) is 0 Å². The third kappa shape index (κ3) is 3.61. The van der Waals surface area contributed by atoms with Crippen LogP contribution < -0.4 is 10.1 Å². The lowest BCUT2D eigenvalue weighted by Crippen LogP contribution is -2.20. The SMILES string of the molecule is COCCNCCCc1cc(Cl)cc2c1OCC2. The second-order valence-corrected chi connectivity index (χ2v) is 4.93. The quantitative estimate of drug-likeness (QED) is 0.772. The van der Waals surface area contributed by atoms with Gasteiger partial charge in [0.2, 0.25) is 0 Å². The monoisotopic (exact) mass is 269 g/mol. The van der Waals surface area contributed by atoms with Crippen LogP contribution >= 0.6 is 11.6 Å². The number of methoxy groups -OCH3 is 1. The van der Waals surface area contributed by atoms with Crippen LogP contribution in [0.5, 0.6) is 5.75 Å². The topological polar surface area (TPSA) is 30.5 Å². The Morgan fingerprint density at radius 1 is 1.39 bits per heavy atom. The van der Waals surface area contributed by atoms with Crippen molar-refractivity contribution in [3.63, 3.8) is 0 Å². The smallest absolute Gasteiger partial charge is 0.125 e. The summed E-state index contributed by atoms with van der Waals surface area (Å²) in [6.45, 7) is 3.44. The number of halogens is 1. The van der Waals surface area contributed by atoms with Crippen molar-refractivity contribution in [2.45, 2.75) is 19.3 Å². The molecule has 1 N–H and O–H groups in total. The number of hydrogen-bond acceptors (Lipinski definition) is 3. The van der Waals surface area contributed by atoms with E-state index in [0.717, 1.165) is 56.3 Å². The van der Waals surface area contributed by atoms with E-state index in [1.807, 2.05) is 12.1 Å². The molecule has 1 aliphatic heterocycles. The van der Waals surface area contributed by atoms with Crippen LogP contribution in [0.3, 0.4) is 0 Å². The molecule has 1 aliphatic rings. The summed E-state index contributed by atoms with van der Waals surface area (Å²) < 4.78 is 10.7. The zero-order valence-electron chi connectivity index (χ0n) is 10.8. The van der Waals surface area contributed by atoms with E-state index in [9.17, 15) is 0 Å². The summed E-state index contributed by atoms with van der Waals surface area (Å²) in [5.41, 5.74) is 2.49. The normalized spacial score (nSPS) is 13.4. The Kier molecular flexibility index (Phi) is 5.29. The summed E-state index contributed by atoms with van der Waals surface area (Å²) >= 11 is 6.12. The molecule has 0 aliphatic carbocycles. The second-order valence-electron chi connectivity index (χ2n) is 4.50. The van der Waals surface area contributed by atoms with Gasteiger partial charge in [-0.05, 0) is 42.6 Å². The van der Waals surface area contributed by atoms with Crippen LogP contribution in [0, 0.1) is 0 Å². The number of hydrogen-bond donors (Lipinski definition) is 1. The van der Waals surface area contributed by atoms with Crippen molar-refractivity contribution in [3.8, 4) is 5.75 Å². The average Bonchev–Trinajstić information content (AvgIpc) is 2.81. The van der Waals surface area contributed by atoms with Gasteiger partial charge in [0.15, 0.2) is 0 Å². The molecular weight excluding hydrogens is 250 g/mol. The molecule has 0 atom stereocenters. The van der Waals surface area contributed by atoms with E-state index in [1.54, 1.807) is 7.11 Å². The van der Waals surface area contributed by atoms with Gasteiger partial charge < -0.3 is 14.8 Å². The highest BCUT2D eigenvalue weighted by Gasteiger charge is 2.16. The molecule has 2 rings (SSSR count). The Bertz CT molecular complexity index is 396. The average molecular weight is 270 g/mol. The van der Waals surface area contributed by atoms with Crippen molar-refractivity contribution in [2.75, 3.05) is 33.4 Å². The van der Waals surface area contributed by atoms with Gasteiger partial charge in [-0.1, -0.05) is 11.6 Å². The third-order valence-corrected chi connectivity index (χ3v) is 3.33. The Morgan fingerprint density at radius 2 is 2.28 bits per heavy atom. The number of ether oxygens (including phenoxy) is 2. The summed E-state index contributed by atoms with van der Waals surface area (Å²) in [7, 11) is 1.72. The van der Waals surface area contributed by atoms with Crippen molar-refractivity contribution in [1.29, 1.82) is 0 Å². The molecule has 4 heteroatoms. The maximum absolute atomic E-state index is 6.12. The zero-order chi connectivity index (χ0) is 12.8. The van der Waals surface area contributed by atoms with E-state index in [2.05, 4.69) is 5.32 Å². The highest BCUT2D eigenvalue weighted by molar-refractivity contribution is 6.30. The Balaban J connectivity index is 1.82. The Labute approximate surface area is 113 Å². The molecule has 0 radical (unpaired) electrons. The summed E-state index contributed by atoms with van der Waals surface area (Å²) in [6, 6.07) is 4.05. The van der Waals surface area contributed by atoms with Gasteiger partial charge in [-0.25, -0.2) is 0 Å². The largest absolute Gasteiger partial charge is 0.493 e. The van der Waals surface area contributed by atoms with Crippen molar-refractivity contribution in [1.82, 2.24) is 5.32 Å². The van der Waals surface area contributed by atoms with E-state index >= 15 is 0 Å². The predicted molar refractivity (Wildman–Crippen MR) is 73.7 cm³/mol. The highest BCUT2D eigenvalue weighted by Crippen LogP contribution is 2.33. The molecule has 0 aromatic heterocycles. The number of nitrogens with one attached hydrogen (secondary N) is 1. The molecule has 0 spiro atoms. The Morgan fingerprint density at radius 3 is 3.11 bits per heavy atom. The molecule has 0 amide bonds. The minimum absolute atomic E-state index is 0.760. The number of benzene rings is 1. The molecule has 0 bridgehead atoms. The maximum Gasteiger partial charge on any atom is 0.125 e. The lowest BCUT2D eigenvalue weighted by atomic mass is 10.0. The van der Waals surface area contributed by atoms with Crippen molar-refractivity contribution in [3.05, 3.63) is 28.3 Å². The van der Waals surface area contributed by atoms with Gasteiger partial charge in [-0.15, -0.1) is 0 Å². The molecule has 1 heterocycles. The van der Waals surface area contributed by atoms with Gasteiger partial charge >= 0.3 is 0 Å². The predicted octanol–water partition coefficient (Wildman–Crippen LogP) is 2.44. The third-order valence-electron chi connectivity index (χ3n) is 3.11. The van der Waals surface area contributed by atoms with Crippen LogP contribution in [0.25, 0.3) is 0 Å². The molecule has 0 unspecified atom stereocenters. The molecule has 100 valence electrons. The lowest BCUT2D eigenvalue weighted by Gasteiger charge is -2.09. The van der Waals surface area contributed by atoms with Gasteiger partial charge in [0.25, 0.3) is 0 Å². The van der Waals surface area contributed by atoms with Crippen LogP contribution in [0.15, 0.2) is 12.1 Å². The van der Waals surface area contributed by atoms with Gasteiger partial charge in [0.1, 0.15) is 5.75 Å². The van der Waals surface area contributed by atoms with Crippen LogP contribution in [0.2, 0.25) is 5.02 Å². The van der Waals surface area contributed by atoms with E-state index in [-0.39, 0.29) is 0 Å². The van der Waals surface area contributed by atoms with Crippen LogP contribution in [-0.4, -0.2) is 33.4 Å². The summed E-state index contributed by atoms with van der Waals surface area (Å²) in [6.07, 6.45) is 3.07. The number of rotatable bonds is 7. The van der Waals surface area contributed by atoms with Crippen molar-refractivity contribution >= 4 is 11.6 Å². The van der Waals surface area contributed by atoms with Crippen molar-refractivity contribution < 1.29 is 9.47 Å². The molecule has 1 aromatic carbocycles. The number of fused-ring (bicyclic) bond motifs is 1. The highest BCUT2D eigenvalue weighted by atomic mass is 35.5. The van der Waals surface area contributed by atoms with Gasteiger partial charge in [0, 0.05) is 25.1 Å².